The van der Waals surface area contributed by atoms with Crippen LogP contribution in [0.5, 0.6) is 0 Å². The van der Waals surface area contributed by atoms with Crippen LogP contribution in [0.2, 0.25) is 0 Å². The van der Waals surface area contributed by atoms with Gasteiger partial charge < -0.3 is 4.42 Å². The van der Waals surface area contributed by atoms with Gasteiger partial charge in [-0.3, -0.25) is 4.57 Å². The van der Waals surface area contributed by atoms with Gasteiger partial charge >= 0.3 is 0 Å². The van der Waals surface area contributed by atoms with Crippen LogP contribution in [0, 0.1) is 0 Å². The lowest BCUT2D eigenvalue weighted by atomic mass is 9.92. The SMILES string of the molecule is C1=Cc2ccc(-c3ccc4c(c3)c3nc(-c5ccccc5)ccc3n4-c3ccccn3)cc2-c2cc3oc4ccccc4c3cc2Sc2ccccc2-c2ccccc21. The van der Waals surface area contributed by atoms with Crippen molar-refractivity contribution >= 4 is 67.8 Å². The minimum Gasteiger partial charge on any atom is -0.456 e. The monoisotopic (exact) mass is 771 g/mol. The molecule has 1 aliphatic rings. The fourth-order valence-corrected chi connectivity index (χ4v) is 9.81. The maximum absolute atomic E-state index is 6.55. The Balaban J connectivity index is 1.10. The molecule has 0 N–H and O–H groups in total. The third kappa shape index (κ3) is 5.62. The van der Waals surface area contributed by atoms with Crippen molar-refractivity contribution in [3.05, 3.63) is 199 Å². The fourth-order valence-electron chi connectivity index (χ4n) is 8.69. The van der Waals surface area contributed by atoms with Crippen LogP contribution in [-0.4, -0.2) is 14.5 Å². The highest BCUT2D eigenvalue weighted by molar-refractivity contribution is 7.99. The summed E-state index contributed by atoms with van der Waals surface area (Å²) in [6.45, 7) is 0. The maximum Gasteiger partial charge on any atom is 0.137 e. The molecule has 0 amide bonds. The molecule has 5 heteroatoms. The van der Waals surface area contributed by atoms with Gasteiger partial charge in [0.1, 0.15) is 17.0 Å². The molecule has 0 bridgehead atoms. The first-order valence-electron chi connectivity index (χ1n) is 19.8. The van der Waals surface area contributed by atoms with Crippen molar-refractivity contribution in [2.24, 2.45) is 0 Å². The highest BCUT2D eigenvalue weighted by Gasteiger charge is 2.21. The fraction of sp³-hybridized carbons (Fsp3) is 0. The molecule has 11 aromatic rings. The van der Waals surface area contributed by atoms with Crippen molar-refractivity contribution in [2.75, 3.05) is 0 Å². The summed E-state index contributed by atoms with van der Waals surface area (Å²) in [5.74, 6) is 0.861. The van der Waals surface area contributed by atoms with E-state index in [-0.39, 0.29) is 0 Å². The number of nitrogens with zero attached hydrogens (tertiary/aromatic N) is 3. The van der Waals surface area contributed by atoms with Crippen LogP contribution in [-0.2, 0) is 0 Å². The van der Waals surface area contributed by atoms with E-state index in [4.69, 9.17) is 14.4 Å². The highest BCUT2D eigenvalue weighted by atomic mass is 32.2. The van der Waals surface area contributed by atoms with Gasteiger partial charge in [0.05, 0.1) is 22.2 Å². The van der Waals surface area contributed by atoms with Crippen molar-refractivity contribution in [1.82, 2.24) is 14.5 Å². The van der Waals surface area contributed by atoms with Gasteiger partial charge in [0.25, 0.3) is 0 Å². The summed E-state index contributed by atoms with van der Waals surface area (Å²) in [6.07, 6.45) is 6.37. The number of pyridine rings is 2. The van der Waals surface area contributed by atoms with Gasteiger partial charge in [-0.25, -0.2) is 9.97 Å². The smallest absolute Gasteiger partial charge is 0.137 e. The van der Waals surface area contributed by atoms with Gasteiger partial charge in [-0.2, -0.15) is 0 Å². The Bertz CT molecular complexity index is 3470. The van der Waals surface area contributed by atoms with E-state index in [2.05, 4.69) is 174 Å². The Morgan fingerprint density at radius 3 is 2.08 bits per heavy atom. The van der Waals surface area contributed by atoms with Crippen LogP contribution in [0.3, 0.4) is 0 Å². The molecule has 1 aliphatic heterocycles. The van der Waals surface area contributed by atoms with Crippen LogP contribution >= 0.6 is 11.8 Å². The zero-order valence-electron chi connectivity index (χ0n) is 31.7. The minimum absolute atomic E-state index is 0.861. The molecule has 4 nitrogen and oxygen atoms in total. The van der Waals surface area contributed by atoms with Crippen molar-refractivity contribution in [3.8, 4) is 50.5 Å². The quantitative estimate of drug-likeness (QED) is 0.179. The topological polar surface area (TPSA) is 43.9 Å². The molecule has 5 heterocycles. The Morgan fingerprint density at radius 2 is 1.19 bits per heavy atom. The van der Waals surface area contributed by atoms with Crippen molar-refractivity contribution in [2.45, 2.75) is 9.79 Å². The molecule has 0 aliphatic carbocycles. The van der Waals surface area contributed by atoms with E-state index >= 15 is 0 Å². The standard InChI is InChI=1S/C54H33N3OS/c1-2-13-36(14-3-1)46-26-28-48-54(56-46)45-31-38(25-27-47(45)57(48)53-20-10-11-29-55-53)37-24-23-35-22-21-34-12-4-5-15-39(34)41-17-7-9-19-51(41)59-52-33-43-40-16-6-8-18-49(40)58-50(43)32-44(52)42(35)30-37/h1-33H. The van der Waals surface area contributed by atoms with E-state index in [0.717, 1.165) is 88.8 Å². The zero-order valence-corrected chi connectivity index (χ0v) is 32.5. The largest absolute Gasteiger partial charge is 0.456 e. The normalized spacial score (nSPS) is 12.3. The summed E-state index contributed by atoms with van der Waals surface area (Å²) in [5.41, 5.74) is 16.1. The van der Waals surface area contributed by atoms with Crippen LogP contribution in [0.25, 0.3) is 106 Å². The van der Waals surface area contributed by atoms with Gasteiger partial charge in [-0.1, -0.05) is 139 Å². The highest BCUT2D eigenvalue weighted by Crippen LogP contribution is 2.47. The predicted octanol–water partition coefficient (Wildman–Crippen LogP) is 14.8. The molecule has 0 radical (unpaired) electrons. The van der Waals surface area contributed by atoms with Crippen molar-refractivity contribution in [1.29, 1.82) is 0 Å². The maximum atomic E-state index is 6.55. The third-order valence-electron chi connectivity index (χ3n) is 11.5. The number of hydrogen-bond donors (Lipinski definition) is 0. The lowest BCUT2D eigenvalue weighted by molar-refractivity contribution is 0.669. The van der Waals surface area contributed by atoms with Crippen LogP contribution in [0.4, 0.5) is 0 Å². The summed E-state index contributed by atoms with van der Waals surface area (Å²) in [4.78, 5) is 12.5. The number of rotatable bonds is 3. The molecule has 7 aromatic carbocycles. The Labute approximate surface area is 344 Å². The molecule has 4 aromatic heterocycles. The Hall–Kier alpha value is -7.47. The summed E-state index contributed by atoms with van der Waals surface area (Å²) in [6, 6.07) is 64.7. The molecule has 0 atom stereocenters. The first-order chi connectivity index (χ1) is 29.2. The average Bonchev–Trinajstić information content (AvgIpc) is 3.82. The first-order valence-corrected chi connectivity index (χ1v) is 20.6. The van der Waals surface area contributed by atoms with E-state index < -0.39 is 0 Å². The number of fused-ring (bicyclic) bond motifs is 12. The molecule has 59 heavy (non-hydrogen) atoms. The summed E-state index contributed by atoms with van der Waals surface area (Å²) < 4.78 is 8.77. The van der Waals surface area contributed by atoms with E-state index in [1.807, 2.05) is 42.2 Å². The number of furan rings is 1. The molecule has 0 fully saturated rings. The molecule has 0 saturated heterocycles. The van der Waals surface area contributed by atoms with Crippen molar-refractivity contribution in [3.63, 3.8) is 0 Å². The molecule has 276 valence electrons. The van der Waals surface area contributed by atoms with Gasteiger partial charge in [0.15, 0.2) is 0 Å². The van der Waals surface area contributed by atoms with Crippen molar-refractivity contribution < 1.29 is 4.42 Å². The lowest BCUT2D eigenvalue weighted by Gasteiger charge is -2.16. The van der Waals surface area contributed by atoms with Crippen LogP contribution in [0.15, 0.2) is 202 Å². The average molecular weight is 772 g/mol. The van der Waals surface area contributed by atoms with E-state index in [9.17, 15) is 0 Å². The molecule has 0 unspecified atom stereocenters. The van der Waals surface area contributed by atoms with Crippen LogP contribution in [0.1, 0.15) is 11.1 Å². The molecule has 0 saturated carbocycles. The Kier molecular flexibility index (Phi) is 7.75. The molecular formula is C54H33N3OS. The van der Waals surface area contributed by atoms with Gasteiger partial charge in [-0.15, -0.1) is 0 Å². The lowest BCUT2D eigenvalue weighted by Crippen LogP contribution is -1.96. The van der Waals surface area contributed by atoms with Gasteiger partial charge in [0, 0.05) is 37.7 Å². The minimum atomic E-state index is 0.861. The predicted molar refractivity (Wildman–Crippen MR) is 245 cm³/mol. The second-order valence-corrected chi connectivity index (χ2v) is 16.0. The number of benzene rings is 7. The number of para-hydroxylation sites is 1. The van der Waals surface area contributed by atoms with E-state index in [1.165, 1.54) is 26.5 Å². The first kappa shape index (κ1) is 33.6. The molecule has 0 spiro atoms. The Morgan fingerprint density at radius 1 is 0.441 bits per heavy atom. The van der Waals surface area contributed by atoms with E-state index in [1.54, 1.807) is 0 Å². The molecule has 12 rings (SSSR count). The number of hydrogen-bond acceptors (Lipinski definition) is 4. The number of aromatic nitrogens is 3. The molecular weight excluding hydrogens is 739 g/mol. The van der Waals surface area contributed by atoms with E-state index in [0.29, 0.717) is 0 Å². The summed E-state index contributed by atoms with van der Waals surface area (Å²) in [5, 5.41) is 3.31. The second kappa shape index (κ2) is 13.6. The van der Waals surface area contributed by atoms with Crippen LogP contribution < -0.4 is 0 Å². The summed E-state index contributed by atoms with van der Waals surface area (Å²) >= 11 is 1.82. The zero-order chi connectivity index (χ0) is 38.9. The van der Waals surface area contributed by atoms with Gasteiger partial charge in [0.2, 0.25) is 0 Å². The third-order valence-corrected chi connectivity index (χ3v) is 12.6. The summed E-state index contributed by atoms with van der Waals surface area (Å²) in [7, 11) is 0. The van der Waals surface area contributed by atoms with Gasteiger partial charge in [-0.05, 0) is 111 Å². The second-order valence-electron chi connectivity index (χ2n) is 14.9.